The summed E-state index contributed by atoms with van der Waals surface area (Å²) in [4.78, 5) is 28.3. The molecule has 0 radical (unpaired) electrons. The van der Waals surface area contributed by atoms with Gasteiger partial charge >= 0.3 is 5.97 Å². The molecule has 1 saturated carbocycles. The van der Waals surface area contributed by atoms with Gasteiger partial charge in [-0.15, -0.1) is 11.8 Å². The van der Waals surface area contributed by atoms with Crippen molar-refractivity contribution in [2.75, 3.05) is 13.7 Å². The number of thioether (sulfide) groups is 1. The van der Waals surface area contributed by atoms with Gasteiger partial charge in [0.05, 0.1) is 30.7 Å². The Balaban J connectivity index is 1.88. The first kappa shape index (κ1) is 29.9. The van der Waals surface area contributed by atoms with E-state index < -0.39 is 35.6 Å². The number of aliphatic hydroxyl groups is 3. The zero-order chi connectivity index (χ0) is 27.7. The molecular weight excluding hydrogens is 490 g/mol. The number of allylic oxidation sites excluding steroid dienone is 2. The number of aliphatic hydroxyl groups excluding tert-OH is 3. The minimum Gasteiger partial charge on any atom is -0.458 e. The highest BCUT2D eigenvalue weighted by Crippen LogP contribution is 2.58. The fourth-order valence-corrected chi connectivity index (χ4v) is 6.39. The number of ketones is 1. The lowest BCUT2D eigenvalue weighted by Gasteiger charge is -2.34. The Morgan fingerprint density at radius 1 is 1.24 bits per heavy atom. The van der Waals surface area contributed by atoms with Crippen molar-refractivity contribution < 1.29 is 29.6 Å². The van der Waals surface area contributed by atoms with Crippen molar-refractivity contribution >= 4 is 23.5 Å². The van der Waals surface area contributed by atoms with Gasteiger partial charge in [-0.2, -0.15) is 0 Å². The third-order valence-corrected chi connectivity index (χ3v) is 10.0. The quantitative estimate of drug-likeness (QED) is 0.367. The highest BCUT2D eigenvalue weighted by atomic mass is 32.2. The number of hydrogen-bond acceptors (Lipinski definition) is 8. The van der Waals surface area contributed by atoms with Gasteiger partial charge in [-0.1, -0.05) is 46.8 Å². The van der Waals surface area contributed by atoms with Crippen LogP contribution in [0.1, 0.15) is 67.2 Å². The molecule has 1 fully saturated rings. The summed E-state index contributed by atoms with van der Waals surface area (Å²) in [6.45, 7) is 11.1. The van der Waals surface area contributed by atoms with Crippen LogP contribution in [0.15, 0.2) is 34.9 Å². The average molecular weight is 536 g/mol. The summed E-state index contributed by atoms with van der Waals surface area (Å²) in [5.74, 6) is -1.34. The van der Waals surface area contributed by atoms with Crippen LogP contribution in [0, 0.1) is 28.6 Å². The van der Waals surface area contributed by atoms with Crippen LogP contribution in [0.4, 0.5) is 0 Å². The van der Waals surface area contributed by atoms with Gasteiger partial charge in [0.15, 0.2) is 0 Å². The number of carbonyl (C=O) groups is 2. The Morgan fingerprint density at radius 3 is 2.54 bits per heavy atom. The monoisotopic (exact) mass is 535 g/mol. The summed E-state index contributed by atoms with van der Waals surface area (Å²) in [7, 11) is 1.93. The predicted octanol–water partition coefficient (Wildman–Crippen LogP) is 4.04. The molecule has 0 spiro atoms. The zero-order valence-corrected chi connectivity index (χ0v) is 24.1. The topological polar surface area (TPSA) is 107 Å². The van der Waals surface area contributed by atoms with E-state index in [0.29, 0.717) is 12.3 Å². The maximum atomic E-state index is 13.3. The molecule has 0 aromatic rings. The number of likely N-dealkylation sites (N-methyl/N-ethyl adjacent to an activating group) is 1. The van der Waals surface area contributed by atoms with Crippen molar-refractivity contribution in [2.24, 2.45) is 28.6 Å². The number of nitrogens with zero attached hydrogens (tertiary/aromatic N) is 1. The van der Waals surface area contributed by atoms with Crippen LogP contribution in [0.2, 0.25) is 0 Å². The molecule has 3 rings (SSSR count). The molecule has 2 aliphatic heterocycles. The average Bonchev–Trinajstić information content (AvgIpc) is 3.34. The second-order valence-corrected chi connectivity index (χ2v) is 13.2. The van der Waals surface area contributed by atoms with Crippen LogP contribution >= 0.6 is 11.8 Å². The van der Waals surface area contributed by atoms with Gasteiger partial charge in [0, 0.05) is 24.6 Å². The summed E-state index contributed by atoms with van der Waals surface area (Å²) < 4.78 is 5.97. The highest BCUT2D eigenvalue weighted by Gasteiger charge is 2.50. The smallest absolute Gasteiger partial charge is 0.309 e. The van der Waals surface area contributed by atoms with Crippen molar-refractivity contribution in [3.8, 4) is 0 Å². The summed E-state index contributed by atoms with van der Waals surface area (Å²) in [5, 5.41) is 33.3. The normalized spacial score (nSPS) is 40.6. The first-order valence-electron chi connectivity index (χ1n) is 13.4. The van der Waals surface area contributed by atoms with E-state index in [-0.39, 0.29) is 35.5 Å². The summed E-state index contributed by atoms with van der Waals surface area (Å²) in [5.41, 5.74) is 0.739. The molecule has 1 aliphatic carbocycles. The largest absolute Gasteiger partial charge is 0.458 e. The third kappa shape index (κ3) is 6.70. The van der Waals surface area contributed by atoms with Crippen molar-refractivity contribution in [2.45, 2.75) is 90.9 Å². The number of cyclic esters (lactones) is 1. The predicted molar refractivity (Wildman–Crippen MR) is 146 cm³/mol. The van der Waals surface area contributed by atoms with E-state index in [1.54, 1.807) is 32.5 Å². The Hall–Kier alpha value is -1.61. The van der Waals surface area contributed by atoms with Gasteiger partial charge in [0.25, 0.3) is 0 Å². The molecule has 3 aliphatic rings. The highest BCUT2D eigenvalue weighted by molar-refractivity contribution is 8.02. The Labute approximate surface area is 226 Å². The van der Waals surface area contributed by atoms with Gasteiger partial charge in [0.1, 0.15) is 17.3 Å². The SMILES string of the molecule is C/C(=C\C1=CSC(CO)N1C)[C@@H]1CC2CC2(C)C/C=C/[C@H](C)[C@H](O)[C@@H](C)C(=O)C(C)(C)[C@@H](O)CC(=O)O1. The van der Waals surface area contributed by atoms with Crippen LogP contribution in [0.5, 0.6) is 0 Å². The van der Waals surface area contributed by atoms with Gasteiger partial charge < -0.3 is 25.0 Å². The van der Waals surface area contributed by atoms with Crippen molar-refractivity contribution in [3.63, 3.8) is 0 Å². The molecule has 0 aromatic carbocycles. The number of ether oxygens (including phenoxy) is 1. The molecule has 208 valence electrons. The fraction of sp³-hybridized carbons (Fsp3) is 0.724. The van der Waals surface area contributed by atoms with Crippen LogP contribution < -0.4 is 0 Å². The van der Waals surface area contributed by atoms with E-state index in [1.807, 2.05) is 43.4 Å². The standard InChI is InChI=1S/C29H45NO6S/c1-17-9-8-10-29(6)14-20(29)12-22(18(2)11-21-16-37-24(15-31)30(21)7)36-25(33)13-23(32)28(4,5)27(35)19(3)26(17)34/h8-9,11,16-17,19-20,22-24,26,31-32,34H,10,12-15H2,1-7H3/b9-8+,18-11+/t17-,19+,20?,22-,23-,24?,26-,29?/m0/s1. The van der Waals surface area contributed by atoms with Crippen LogP contribution in [0.25, 0.3) is 0 Å². The second-order valence-electron chi connectivity index (χ2n) is 12.2. The summed E-state index contributed by atoms with van der Waals surface area (Å²) in [6.07, 6.45) is 5.80. The molecule has 0 saturated heterocycles. The number of rotatable bonds is 3. The Morgan fingerprint density at radius 2 is 1.92 bits per heavy atom. The van der Waals surface area contributed by atoms with E-state index in [1.165, 1.54) is 0 Å². The summed E-state index contributed by atoms with van der Waals surface area (Å²) >= 11 is 1.55. The minimum absolute atomic E-state index is 0.0321. The number of carbonyl (C=O) groups excluding carboxylic acids is 2. The van der Waals surface area contributed by atoms with Gasteiger partial charge in [0.2, 0.25) is 0 Å². The molecule has 0 aromatic heterocycles. The van der Waals surface area contributed by atoms with E-state index in [4.69, 9.17) is 4.74 Å². The molecule has 0 bridgehead atoms. The fourth-order valence-electron chi connectivity index (χ4n) is 5.47. The summed E-state index contributed by atoms with van der Waals surface area (Å²) in [6, 6.07) is 0. The maximum Gasteiger partial charge on any atom is 0.309 e. The van der Waals surface area contributed by atoms with Gasteiger partial charge in [-0.3, -0.25) is 9.59 Å². The lowest BCUT2D eigenvalue weighted by molar-refractivity contribution is -0.154. The lowest BCUT2D eigenvalue weighted by atomic mass is 9.73. The molecule has 3 N–H and O–H groups in total. The molecule has 8 heteroatoms. The number of fused-ring (bicyclic) bond motifs is 1. The molecular formula is C29H45NO6S. The number of Topliss-reactive ketones (excluding diaryl/α,β-unsaturated/α-hetero) is 1. The molecule has 37 heavy (non-hydrogen) atoms. The van der Waals surface area contributed by atoms with Crippen LogP contribution in [0.3, 0.4) is 0 Å². The molecule has 3 unspecified atom stereocenters. The van der Waals surface area contributed by atoms with E-state index >= 15 is 0 Å². The number of esters is 1. The van der Waals surface area contributed by atoms with E-state index in [0.717, 1.165) is 24.1 Å². The second kappa shape index (κ2) is 11.6. The van der Waals surface area contributed by atoms with Gasteiger partial charge in [-0.25, -0.2) is 0 Å². The first-order chi connectivity index (χ1) is 17.2. The maximum absolute atomic E-state index is 13.3. The Kier molecular flexibility index (Phi) is 9.42. The van der Waals surface area contributed by atoms with Gasteiger partial charge in [-0.05, 0) is 54.6 Å². The first-order valence-corrected chi connectivity index (χ1v) is 14.3. The van der Waals surface area contributed by atoms with Crippen molar-refractivity contribution in [3.05, 3.63) is 34.9 Å². The zero-order valence-electron chi connectivity index (χ0n) is 23.3. The molecule has 2 heterocycles. The minimum atomic E-state index is -1.23. The van der Waals surface area contributed by atoms with Crippen molar-refractivity contribution in [1.29, 1.82) is 0 Å². The molecule has 7 nitrogen and oxygen atoms in total. The van der Waals surface area contributed by atoms with Crippen LogP contribution in [-0.2, 0) is 14.3 Å². The Bertz CT molecular complexity index is 958. The van der Waals surface area contributed by atoms with Crippen molar-refractivity contribution in [1.82, 2.24) is 4.90 Å². The third-order valence-electron chi connectivity index (χ3n) is 8.85. The molecule has 0 amide bonds. The lowest BCUT2D eigenvalue weighted by Crippen LogP contribution is -2.45. The van der Waals surface area contributed by atoms with Crippen LogP contribution in [-0.4, -0.2) is 69.3 Å². The van der Waals surface area contributed by atoms with E-state index in [9.17, 15) is 24.9 Å². The number of hydrogen-bond donors (Lipinski definition) is 3. The molecule has 8 atom stereocenters. The van der Waals surface area contributed by atoms with E-state index in [2.05, 4.69) is 13.0 Å².